The Bertz CT molecular complexity index is 946. The fourth-order valence-electron chi connectivity index (χ4n) is 6.58. The van der Waals surface area contributed by atoms with E-state index in [1.807, 2.05) is 0 Å². The number of hydrogen-bond donors (Lipinski definition) is 3. The average molecular weight is 819 g/mol. The maximum atomic E-state index is 12.6. The summed E-state index contributed by atoms with van der Waals surface area (Å²) in [5.74, 6) is -0.918. The highest BCUT2D eigenvalue weighted by molar-refractivity contribution is 7.47. The highest BCUT2D eigenvalue weighted by Gasteiger charge is 2.27. The SMILES string of the molecule is CCCCCCCCCC/C=C\CCCCCCCCCC(=O)O[C@H](COC(=O)CCCCCCCCCCCCCCCC)COP(=O)(O)OC[C@@H](O)CO. The number of aliphatic hydroxyl groups is 2. The van der Waals surface area contributed by atoms with E-state index < -0.39 is 51.8 Å². The summed E-state index contributed by atoms with van der Waals surface area (Å²) in [6.45, 7) is 2.41. The lowest BCUT2D eigenvalue weighted by atomic mass is 10.0. The molecule has 11 heteroatoms. The van der Waals surface area contributed by atoms with Crippen LogP contribution in [0, 0.1) is 0 Å². The van der Waals surface area contributed by atoms with E-state index in [0.717, 1.165) is 44.9 Å². The number of esters is 2. The van der Waals surface area contributed by atoms with Gasteiger partial charge in [0.15, 0.2) is 6.10 Å². The highest BCUT2D eigenvalue weighted by Crippen LogP contribution is 2.43. The number of unbranched alkanes of at least 4 members (excludes halogenated alkanes) is 28. The molecular weight excluding hydrogens is 731 g/mol. The summed E-state index contributed by atoms with van der Waals surface area (Å²) in [7, 11) is -4.61. The highest BCUT2D eigenvalue weighted by atomic mass is 31.2. The predicted molar refractivity (Wildman–Crippen MR) is 229 cm³/mol. The maximum Gasteiger partial charge on any atom is 0.472 e. The predicted octanol–water partition coefficient (Wildman–Crippen LogP) is 12.4. The molecule has 10 nitrogen and oxygen atoms in total. The van der Waals surface area contributed by atoms with Crippen LogP contribution in [0.1, 0.15) is 226 Å². The number of rotatable bonds is 44. The van der Waals surface area contributed by atoms with Gasteiger partial charge in [-0.25, -0.2) is 4.57 Å². The number of allylic oxidation sites excluding steroid dienone is 2. The normalized spacial score (nSPS) is 13.9. The molecule has 1 unspecified atom stereocenters. The van der Waals surface area contributed by atoms with Gasteiger partial charge < -0.3 is 24.6 Å². The number of carbonyl (C=O) groups excluding carboxylic acids is 2. The number of carbonyl (C=O) groups is 2. The van der Waals surface area contributed by atoms with Crippen molar-refractivity contribution in [3.63, 3.8) is 0 Å². The van der Waals surface area contributed by atoms with E-state index in [1.54, 1.807) is 0 Å². The number of phosphoric ester groups is 1. The molecule has 0 aliphatic rings. The summed E-state index contributed by atoms with van der Waals surface area (Å²) in [5, 5.41) is 18.3. The molecule has 0 aromatic heterocycles. The first-order valence-corrected chi connectivity index (χ1v) is 24.6. The Balaban J connectivity index is 4.22. The van der Waals surface area contributed by atoms with Gasteiger partial charge in [-0.3, -0.25) is 18.6 Å². The molecule has 0 saturated heterocycles. The third-order valence-corrected chi connectivity index (χ3v) is 11.1. The van der Waals surface area contributed by atoms with Crippen LogP contribution in [0.4, 0.5) is 0 Å². The van der Waals surface area contributed by atoms with Crippen molar-refractivity contribution in [3.8, 4) is 0 Å². The van der Waals surface area contributed by atoms with Gasteiger partial charge in [-0.05, 0) is 38.5 Å². The molecule has 0 radical (unpaired) electrons. The second-order valence-electron chi connectivity index (χ2n) is 15.8. The number of hydrogen-bond acceptors (Lipinski definition) is 9. The van der Waals surface area contributed by atoms with Crippen molar-refractivity contribution in [2.45, 2.75) is 238 Å². The fraction of sp³-hybridized carbons (Fsp3) is 0.911. The molecule has 0 heterocycles. The first-order valence-electron chi connectivity index (χ1n) is 23.1. The first kappa shape index (κ1) is 54.7. The van der Waals surface area contributed by atoms with Crippen molar-refractivity contribution in [2.75, 3.05) is 26.4 Å². The molecule has 0 aliphatic carbocycles. The van der Waals surface area contributed by atoms with E-state index in [2.05, 4.69) is 26.0 Å². The van der Waals surface area contributed by atoms with Crippen molar-refractivity contribution < 1.29 is 47.8 Å². The van der Waals surface area contributed by atoms with Gasteiger partial charge in [-0.2, -0.15) is 0 Å². The third-order valence-electron chi connectivity index (χ3n) is 10.2. The van der Waals surface area contributed by atoms with Gasteiger partial charge >= 0.3 is 19.8 Å². The molecule has 0 aliphatic heterocycles. The monoisotopic (exact) mass is 819 g/mol. The summed E-state index contributed by atoms with van der Waals surface area (Å²) in [4.78, 5) is 35.0. The van der Waals surface area contributed by atoms with Gasteiger partial charge in [-0.15, -0.1) is 0 Å². The quantitative estimate of drug-likeness (QED) is 0.0235. The van der Waals surface area contributed by atoms with E-state index in [1.165, 1.54) is 141 Å². The lowest BCUT2D eigenvalue weighted by Crippen LogP contribution is -2.29. The molecule has 0 aromatic rings. The van der Waals surface area contributed by atoms with Crippen molar-refractivity contribution in [3.05, 3.63) is 12.2 Å². The summed E-state index contributed by atoms with van der Waals surface area (Å²) >= 11 is 0. The Hall–Kier alpha value is -1.29. The molecule has 0 bridgehead atoms. The van der Waals surface area contributed by atoms with Gasteiger partial charge in [-0.1, -0.05) is 187 Å². The van der Waals surface area contributed by atoms with Crippen LogP contribution in [0.3, 0.4) is 0 Å². The van der Waals surface area contributed by atoms with Crippen LogP contribution >= 0.6 is 7.82 Å². The van der Waals surface area contributed by atoms with E-state index in [4.69, 9.17) is 23.6 Å². The lowest BCUT2D eigenvalue weighted by Gasteiger charge is -2.20. The van der Waals surface area contributed by atoms with Gasteiger partial charge in [0.25, 0.3) is 0 Å². The van der Waals surface area contributed by atoms with E-state index in [-0.39, 0.29) is 19.4 Å². The van der Waals surface area contributed by atoms with Crippen molar-refractivity contribution >= 4 is 19.8 Å². The molecule has 0 aromatic carbocycles. The van der Waals surface area contributed by atoms with Crippen LogP contribution in [0.5, 0.6) is 0 Å². The minimum atomic E-state index is -4.61. The second-order valence-corrected chi connectivity index (χ2v) is 17.2. The number of ether oxygens (including phenoxy) is 2. The van der Waals surface area contributed by atoms with Crippen LogP contribution in [-0.4, -0.2) is 65.7 Å². The fourth-order valence-corrected chi connectivity index (χ4v) is 7.37. The molecule has 3 atom stereocenters. The zero-order chi connectivity index (χ0) is 41.2. The van der Waals surface area contributed by atoms with Crippen LogP contribution < -0.4 is 0 Å². The van der Waals surface area contributed by atoms with Gasteiger partial charge in [0.05, 0.1) is 19.8 Å². The Labute approximate surface area is 343 Å². The maximum absolute atomic E-state index is 12.6. The summed E-state index contributed by atoms with van der Waals surface area (Å²) in [5.41, 5.74) is 0. The van der Waals surface area contributed by atoms with E-state index in [0.29, 0.717) is 12.8 Å². The number of aliphatic hydroxyl groups excluding tert-OH is 2. The summed E-state index contributed by atoms with van der Waals surface area (Å²) < 4.78 is 32.8. The van der Waals surface area contributed by atoms with Crippen LogP contribution in [0.25, 0.3) is 0 Å². The van der Waals surface area contributed by atoms with Crippen molar-refractivity contribution in [1.29, 1.82) is 0 Å². The first-order chi connectivity index (χ1) is 27.2. The average Bonchev–Trinajstić information content (AvgIpc) is 3.19. The zero-order valence-electron chi connectivity index (χ0n) is 36.1. The molecule has 56 heavy (non-hydrogen) atoms. The molecule has 332 valence electrons. The van der Waals surface area contributed by atoms with Crippen LogP contribution in [0.15, 0.2) is 12.2 Å². The van der Waals surface area contributed by atoms with Gasteiger partial charge in [0.2, 0.25) is 0 Å². The van der Waals surface area contributed by atoms with Crippen molar-refractivity contribution in [1.82, 2.24) is 0 Å². The third kappa shape index (κ3) is 40.9. The molecule has 0 spiro atoms. The Morgan fingerprint density at radius 3 is 1.29 bits per heavy atom. The largest absolute Gasteiger partial charge is 0.472 e. The smallest absolute Gasteiger partial charge is 0.462 e. The van der Waals surface area contributed by atoms with Crippen molar-refractivity contribution in [2.24, 2.45) is 0 Å². The molecular formula is C45H87O10P. The van der Waals surface area contributed by atoms with Gasteiger partial charge in [0.1, 0.15) is 12.7 Å². The minimum Gasteiger partial charge on any atom is -0.462 e. The topological polar surface area (TPSA) is 149 Å². The summed E-state index contributed by atoms with van der Waals surface area (Å²) in [6, 6.07) is 0. The summed E-state index contributed by atoms with van der Waals surface area (Å²) in [6.07, 6.45) is 40.3. The Morgan fingerprint density at radius 2 is 0.875 bits per heavy atom. The zero-order valence-corrected chi connectivity index (χ0v) is 37.0. The lowest BCUT2D eigenvalue weighted by molar-refractivity contribution is -0.161. The molecule has 0 fully saturated rings. The van der Waals surface area contributed by atoms with E-state index >= 15 is 0 Å². The molecule has 3 N–H and O–H groups in total. The molecule has 0 amide bonds. The van der Waals surface area contributed by atoms with E-state index in [9.17, 15) is 24.2 Å². The number of phosphoric acid groups is 1. The molecule has 0 rings (SSSR count). The molecule has 0 saturated carbocycles. The second kappa shape index (κ2) is 41.9. The Morgan fingerprint density at radius 1 is 0.518 bits per heavy atom. The van der Waals surface area contributed by atoms with Gasteiger partial charge in [0, 0.05) is 12.8 Å². The van der Waals surface area contributed by atoms with Crippen LogP contribution in [0.2, 0.25) is 0 Å². The van der Waals surface area contributed by atoms with Crippen LogP contribution in [-0.2, 0) is 32.7 Å². The minimum absolute atomic E-state index is 0.184. The standard InChI is InChI=1S/C45H87O10P/c1-3-5-7-9-11-13-15-17-19-20-21-22-23-25-27-29-31-33-35-37-45(49)55-43(41-54-56(50,51)53-39-42(47)38-46)40-52-44(48)36-34-32-30-28-26-24-18-16-14-12-10-8-6-4-2/h20-21,42-43,46-47H,3-19,22-41H2,1-2H3,(H,50,51)/b21-20-/t42-,43+/m0/s1. The Kier molecular flexibility index (Phi) is 40.9.